The van der Waals surface area contributed by atoms with Gasteiger partial charge in [0, 0.05) is 50.2 Å². The summed E-state index contributed by atoms with van der Waals surface area (Å²) in [6.45, 7) is 0.905. The Morgan fingerprint density at radius 1 is 1.10 bits per heavy atom. The topological polar surface area (TPSA) is 84.3 Å². The van der Waals surface area contributed by atoms with Crippen LogP contribution in [-0.2, 0) is 23.2 Å². The molecule has 1 aliphatic rings. The van der Waals surface area contributed by atoms with Crippen LogP contribution in [0.15, 0.2) is 67.0 Å². The van der Waals surface area contributed by atoms with Crippen molar-refractivity contribution < 1.29 is 14.4 Å². The number of nitrogens with zero attached hydrogens (tertiary/aromatic N) is 3. The molecule has 7 nitrogen and oxygen atoms in total. The standard InChI is InChI=1S/C23H22N4O3/c1-26-12-11-24-22(26)21(29)17-7-9-19(10-8-17)25-23(30)18-13-20(28)27(15-18)14-16-5-3-2-4-6-16/h2-12,18H,13-15H2,1H3,(H,25,30)/t18-/m1/s1. The fourth-order valence-corrected chi connectivity index (χ4v) is 3.57. The number of nitrogens with one attached hydrogen (secondary N) is 1. The van der Waals surface area contributed by atoms with Crippen LogP contribution in [0, 0.1) is 5.92 Å². The average molecular weight is 402 g/mol. The van der Waals surface area contributed by atoms with Crippen LogP contribution < -0.4 is 5.32 Å². The second kappa shape index (κ2) is 8.32. The van der Waals surface area contributed by atoms with E-state index in [-0.39, 0.29) is 24.0 Å². The number of carbonyl (C=O) groups excluding carboxylic acids is 3. The van der Waals surface area contributed by atoms with Gasteiger partial charge in [0.25, 0.3) is 0 Å². The summed E-state index contributed by atoms with van der Waals surface area (Å²) in [5.41, 5.74) is 2.12. The molecule has 7 heteroatoms. The third-order valence-electron chi connectivity index (χ3n) is 5.24. The molecule has 152 valence electrons. The largest absolute Gasteiger partial charge is 0.338 e. The molecule has 1 aliphatic heterocycles. The summed E-state index contributed by atoms with van der Waals surface area (Å²) >= 11 is 0. The van der Waals surface area contributed by atoms with E-state index in [4.69, 9.17) is 0 Å². The number of hydrogen-bond acceptors (Lipinski definition) is 4. The van der Waals surface area contributed by atoms with Crippen molar-refractivity contribution in [3.63, 3.8) is 0 Å². The Balaban J connectivity index is 1.36. The minimum atomic E-state index is -0.393. The molecule has 2 heterocycles. The highest BCUT2D eigenvalue weighted by molar-refractivity contribution is 6.07. The fraction of sp³-hybridized carbons (Fsp3) is 0.217. The molecule has 30 heavy (non-hydrogen) atoms. The molecular weight excluding hydrogens is 380 g/mol. The van der Waals surface area contributed by atoms with Gasteiger partial charge in [0.05, 0.1) is 5.92 Å². The number of aromatic nitrogens is 2. The Kier molecular flexibility index (Phi) is 5.43. The maximum atomic E-state index is 12.6. The van der Waals surface area contributed by atoms with Crippen molar-refractivity contribution in [2.24, 2.45) is 13.0 Å². The average Bonchev–Trinajstić information content (AvgIpc) is 3.34. The van der Waals surface area contributed by atoms with Crippen LogP contribution in [-0.4, -0.2) is 38.6 Å². The predicted molar refractivity (Wildman–Crippen MR) is 112 cm³/mol. The molecule has 2 aromatic carbocycles. The summed E-state index contributed by atoms with van der Waals surface area (Å²) in [6.07, 6.45) is 3.49. The molecule has 0 bridgehead atoms. The quantitative estimate of drug-likeness (QED) is 0.643. The summed E-state index contributed by atoms with van der Waals surface area (Å²) < 4.78 is 1.66. The molecule has 1 atom stereocenters. The molecule has 0 radical (unpaired) electrons. The van der Waals surface area contributed by atoms with Crippen LogP contribution in [0.1, 0.15) is 28.2 Å². The van der Waals surface area contributed by atoms with Crippen molar-refractivity contribution in [2.75, 3.05) is 11.9 Å². The zero-order valence-corrected chi connectivity index (χ0v) is 16.6. The predicted octanol–water partition coefficient (Wildman–Crippen LogP) is 2.64. The van der Waals surface area contributed by atoms with E-state index in [2.05, 4.69) is 10.3 Å². The smallest absolute Gasteiger partial charge is 0.229 e. The first-order valence-corrected chi connectivity index (χ1v) is 9.76. The van der Waals surface area contributed by atoms with E-state index in [0.717, 1.165) is 5.56 Å². The monoisotopic (exact) mass is 402 g/mol. The van der Waals surface area contributed by atoms with Gasteiger partial charge in [-0.1, -0.05) is 30.3 Å². The molecule has 0 saturated carbocycles. The summed E-state index contributed by atoms with van der Waals surface area (Å²) in [5, 5.41) is 2.85. The van der Waals surface area contributed by atoms with E-state index < -0.39 is 5.92 Å². The lowest BCUT2D eigenvalue weighted by Crippen LogP contribution is -2.28. The highest BCUT2D eigenvalue weighted by Gasteiger charge is 2.34. The minimum Gasteiger partial charge on any atom is -0.338 e. The molecule has 0 spiro atoms. The number of aryl methyl sites for hydroxylation is 1. The summed E-state index contributed by atoms with van der Waals surface area (Å²) in [7, 11) is 1.76. The van der Waals surface area contributed by atoms with Crippen LogP contribution in [0.3, 0.4) is 0 Å². The first-order chi connectivity index (χ1) is 14.5. The Bertz CT molecular complexity index is 1070. The van der Waals surface area contributed by atoms with Gasteiger partial charge in [-0.2, -0.15) is 0 Å². The fourth-order valence-electron chi connectivity index (χ4n) is 3.57. The molecule has 4 rings (SSSR count). The maximum absolute atomic E-state index is 12.6. The first kappa shape index (κ1) is 19.6. The van der Waals surface area contributed by atoms with Crippen molar-refractivity contribution in [1.82, 2.24) is 14.5 Å². The van der Waals surface area contributed by atoms with Gasteiger partial charge in [-0.15, -0.1) is 0 Å². The van der Waals surface area contributed by atoms with Crippen LogP contribution in [0.4, 0.5) is 5.69 Å². The number of amides is 2. The van der Waals surface area contributed by atoms with Crippen LogP contribution in [0.2, 0.25) is 0 Å². The lowest BCUT2D eigenvalue weighted by molar-refractivity contribution is -0.128. The third kappa shape index (κ3) is 4.15. The lowest BCUT2D eigenvalue weighted by atomic mass is 10.1. The van der Waals surface area contributed by atoms with E-state index >= 15 is 0 Å². The van der Waals surface area contributed by atoms with Gasteiger partial charge in [0.2, 0.25) is 17.6 Å². The van der Waals surface area contributed by atoms with Gasteiger partial charge in [-0.3, -0.25) is 14.4 Å². The van der Waals surface area contributed by atoms with E-state index in [1.807, 2.05) is 30.3 Å². The summed E-state index contributed by atoms with van der Waals surface area (Å²) in [6, 6.07) is 16.4. The second-order valence-electron chi connectivity index (χ2n) is 7.42. The number of benzene rings is 2. The van der Waals surface area contributed by atoms with E-state index in [1.54, 1.807) is 53.2 Å². The third-order valence-corrected chi connectivity index (χ3v) is 5.24. The lowest BCUT2D eigenvalue weighted by Gasteiger charge is -2.16. The van der Waals surface area contributed by atoms with Crippen molar-refractivity contribution in [3.8, 4) is 0 Å². The molecule has 3 aromatic rings. The van der Waals surface area contributed by atoms with Crippen molar-refractivity contribution >= 4 is 23.3 Å². The van der Waals surface area contributed by atoms with Crippen molar-refractivity contribution in [3.05, 3.63) is 83.9 Å². The van der Waals surface area contributed by atoms with Crippen molar-refractivity contribution in [1.29, 1.82) is 0 Å². The van der Waals surface area contributed by atoms with E-state index in [0.29, 0.717) is 30.2 Å². The first-order valence-electron chi connectivity index (χ1n) is 9.76. The number of imidazole rings is 1. The Hall–Kier alpha value is -3.74. The van der Waals surface area contributed by atoms with Crippen molar-refractivity contribution in [2.45, 2.75) is 13.0 Å². The van der Waals surface area contributed by atoms with Crippen LogP contribution >= 0.6 is 0 Å². The van der Waals surface area contributed by atoms with Gasteiger partial charge in [-0.25, -0.2) is 4.98 Å². The van der Waals surface area contributed by atoms with Gasteiger partial charge in [0.15, 0.2) is 5.82 Å². The Morgan fingerprint density at radius 2 is 1.83 bits per heavy atom. The molecule has 1 aromatic heterocycles. The maximum Gasteiger partial charge on any atom is 0.229 e. The van der Waals surface area contributed by atoms with Gasteiger partial charge >= 0.3 is 0 Å². The number of anilines is 1. The summed E-state index contributed by atoms with van der Waals surface area (Å²) in [4.78, 5) is 43.2. The van der Waals surface area contributed by atoms with Gasteiger partial charge in [0.1, 0.15) is 0 Å². The molecule has 0 aliphatic carbocycles. The number of hydrogen-bond donors (Lipinski definition) is 1. The van der Waals surface area contributed by atoms with Crippen LogP contribution in [0.25, 0.3) is 0 Å². The normalized spacial score (nSPS) is 16.0. The van der Waals surface area contributed by atoms with E-state index in [9.17, 15) is 14.4 Å². The molecule has 0 unspecified atom stereocenters. The second-order valence-corrected chi connectivity index (χ2v) is 7.42. The Morgan fingerprint density at radius 3 is 2.50 bits per heavy atom. The summed E-state index contributed by atoms with van der Waals surface area (Å²) in [5.74, 6) is -0.430. The zero-order chi connectivity index (χ0) is 21.1. The van der Waals surface area contributed by atoms with Gasteiger partial charge < -0.3 is 14.8 Å². The number of rotatable bonds is 6. The highest BCUT2D eigenvalue weighted by atomic mass is 16.2. The number of ketones is 1. The molecule has 1 saturated heterocycles. The molecule has 1 N–H and O–H groups in total. The molecule has 1 fully saturated rings. The van der Waals surface area contributed by atoms with Gasteiger partial charge in [-0.05, 0) is 29.8 Å². The minimum absolute atomic E-state index is 0.0185. The van der Waals surface area contributed by atoms with E-state index in [1.165, 1.54) is 0 Å². The molecule has 2 amide bonds. The zero-order valence-electron chi connectivity index (χ0n) is 16.6. The number of carbonyl (C=O) groups is 3. The SMILES string of the molecule is Cn1ccnc1C(=O)c1ccc(NC(=O)[C@@H]2CC(=O)N(Cc3ccccc3)C2)cc1. The highest BCUT2D eigenvalue weighted by Crippen LogP contribution is 2.22. The molecular formula is C23H22N4O3. The Labute approximate surface area is 174 Å². The van der Waals surface area contributed by atoms with Crippen LogP contribution in [0.5, 0.6) is 0 Å². The number of likely N-dealkylation sites (tertiary alicyclic amines) is 1.